The number of methoxy groups -OCH3 is 1. The Morgan fingerprint density at radius 3 is 2.72 bits per heavy atom. The van der Waals surface area contributed by atoms with Crippen molar-refractivity contribution in [1.29, 1.82) is 0 Å². The lowest BCUT2D eigenvalue weighted by Gasteiger charge is -2.08. The summed E-state index contributed by atoms with van der Waals surface area (Å²) in [7, 11) is 1.71. The summed E-state index contributed by atoms with van der Waals surface area (Å²) in [6, 6.07) is 18.4. The second-order valence-corrected chi connectivity index (χ2v) is 6.88. The molecule has 0 bridgehead atoms. The van der Waals surface area contributed by atoms with E-state index in [4.69, 9.17) is 9.15 Å². The van der Waals surface area contributed by atoms with E-state index in [2.05, 4.69) is 46.4 Å². The molecule has 0 fully saturated rings. The normalized spacial score (nSPS) is 10.8. The highest BCUT2D eigenvalue weighted by atomic mass is 79.9. The van der Waals surface area contributed by atoms with E-state index in [0.29, 0.717) is 6.54 Å². The van der Waals surface area contributed by atoms with Crippen molar-refractivity contribution in [2.75, 3.05) is 13.7 Å². The van der Waals surface area contributed by atoms with Crippen molar-refractivity contribution in [2.45, 2.75) is 19.9 Å². The van der Waals surface area contributed by atoms with Crippen molar-refractivity contribution in [1.82, 2.24) is 5.32 Å². The molecule has 0 atom stereocenters. The third kappa shape index (κ3) is 4.53. The molecule has 3 aromatic rings. The molecule has 3 nitrogen and oxygen atoms in total. The van der Waals surface area contributed by atoms with Crippen molar-refractivity contribution < 1.29 is 9.15 Å². The number of halogens is 1. The van der Waals surface area contributed by atoms with Gasteiger partial charge in [-0.05, 0) is 67.4 Å². The predicted molar refractivity (Wildman–Crippen MR) is 105 cm³/mol. The van der Waals surface area contributed by atoms with Gasteiger partial charge in [0.25, 0.3) is 0 Å². The molecule has 0 amide bonds. The number of rotatable bonds is 7. The molecule has 0 aliphatic rings. The molecule has 0 saturated heterocycles. The second kappa shape index (κ2) is 8.37. The summed E-state index contributed by atoms with van der Waals surface area (Å²) in [6.07, 6.45) is 0.920. The van der Waals surface area contributed by atoms with Crippen molar-refractivity contribution >= 4 is 15.9 Å². The molecular weight excluding hydrogens is 378 g/mol. The minimum Gasteiger partial charge on any atom is -0.496 e. The molecule has 0 aliphatic heterocycles. The lowest BCUT2D eigenvalue weighted by atomic mass is 10.1. The van der Waals surface area contributed by atoms with E-state index in [0.717, 1.165) is 40.3 Å². The van der Waals surface area contributed by atoms with Gasteiger partial charge in [-0.25, -0.2) is 0 Å². The molecule has 0 saturated carbocycles. The van der Waals surface area contributed by atoms with Crippen LogP contribution >= 0.6 is 15.9 Å². The quantitative estimate of drug-likeness (QED) is 0.543. The fourth-order valence-electron chi connectivity index (χ4n) is 2.87. The number of nitrogens with one attached hydrogen (secondary N) is 1. The smallest absolute Gasteiger partial charge is 0.134 e. The van der Waals surface area contributed by atoms with Gasteiger partial charge in [0.05, 0.1) is 13.7 Å². The Hall–Kier alpha value is -2.04. The molecular formula is C21H22BrNO2. The van der Waals surface area contributed by atoms with Crippen LogP contribution in [-0.2, 0) is 13.0 Å². The highest BCUT2D eigenvalue weighted by molar-refractivity contribution is 9.10. The minimum atomic E-state index is 0.713. The van der Waals surface area contributed by atoms with E-state index in [1.165, 1.54) is 11.1 Å². The van der Waals surface area contributed by atoms with Crippen molar-refractivity contribution in [2.24, 2.45) is 0 Å². The first kappa shape index (κ1) is 17.8. The third-order valence-electron chi connectivity index (χ3n) is 4.18. The van der Waals surface area contributed by atoms with Crippen LogP contribution in [0.25, 0.3) is 11.3 Å². The van der Waals surface area contributed by atoms with Gasteiger partial charge >= 0.3 is 0 Å². The maximum Gasteiger partial charge on any atom is 0.134 e. The minimum absolute atomic E-state index is 0.713. The topological polar surface area (TPSA) is 34.4 Å². The summed E-state index contributed by atoms with van der Waals surface area (Å²) in [5.74, 6) is 2.79. The maximum absolute atomic E-state index is 5.99. The number of aryl methyl sites for hydroxylation is 1. The highest BCUT2D eigenvalue weighted by Gasteiger charge is 2.08. The summed E-state index contributed by atoms with van der Waals surface area (Å²) in [5, 5.41) is 3.43. The van der Waals surface area contributed by atoms with E-state index < -0.39 is 0 Å². The number of hydrogen-bond donors (Lipinski definition) is 1. The number of hydrogen-bond acceptors (Lipinski definition) is 3. The van der Waals surface area contributed by atoms with Crippen LogP contribution in [0.3, 0.4) is 0 Å². The number of benzene rings is 2. The number of furan rings is 1. The van der Waals surface area contributed by atoms with Crippen LogP contribution in [0.5, 0.6) is 5.75 Å². The van der Waals surface area contributed by atoms with Gasteiger partial charge in [-0.3, -0.25) is 0 Å². The number of para-hydroxylation sites is 1. The lowest BCUT2D eigenvalue weighted by molar-refractivity contribution is 0.408. The zero-order valence-electron chi connectivity index (χ0n) is 14.5. The average Bonchev–Trinajstić information content (AvgIpc) is 3.07. The van der Waals surface area contributed by atoms with Gasteiger partial charge in [0.2, 0.25) is 0 Å². The molecule has 1 N–H and O–H groups in total. The van der Waals surface area contributed by atoms with Crippen molar-refractivity contribution in [3.05, 3.63) is 76.0 Å². The standard InChI is InChI=1S/C21H22BrNO2/c1-15-13-17(22)7-9-19(15)21-10-8-18(25-21)14-23-12-11-16-5-3-4-6-20(16)24-2/h3-10,13,23H,11-12,14H2,1-2H3. The zero-order chi connectivity index (χ0) is 17.6. The second-order valence-electron chi connectivity index (χ2n) is 5.96. The van der Waals surface area contributed by atoms with Crippen molar-refractivity contribution in [3.8, 4) is 17.1 Å². The van der Waals surface area contributed by atoms with Gasteiger partial charge < -0.3 is 14.5 Å². The Bertz CT molecular complexity index is 841. The summed E-state index contributed by atoms with van der Waals surface area (Å²) < 4.78 is 12.4. The van der Waals surface area contributed by atoms with Crippen LogP contribution in [0.1, 0.15) is 16.9 Å². The Morgan fingerprint density at radius 1 is 1.08 bits per heavy atom. The summed E-state index contributed by atoms with van der Waals surface area (Å²) in [4.78, 5) is 0. The van der Waals surface area contributed by atoms with E-state index >= 15 is 0 Å². The molecule has 25 heavy (non-hydrogen) atoms. The van der Waals surface area contributed by atoms with Gasteiger partial charge in [0.15, 0.2) is 0 Å². The molecule has 3 rings (SSSR count). The molecule has 4 heteroatoms. The molecule has 1 aromatic heterocycles. The molecule has 130 valence electrons. The number of ether oxygens (including phenoxy) is 1. The van der Waals surface area contributed by atoms with Crippen LogP contribution in [0.15, 0.2) is 63.5 Å². The summed E-state index contributed by atoms with van der Waals surface area (Å²) in [5.41, 5.74) is 3.53. The Balaban J connectivity index is 1.55. The van der Waals surface area contributed by atoms with Crippen LogP contribution in [-0.4, -0.2) is 13.7 Å². The van der Waals surface area contributed by atoms with Crippen LogP contribution < -0.4 is 10.1 Å². The molecule has 0 aliphatic carbocycles. The van der Waals surface area contributed by atoms with Crippen LogP contribution in [0.4, 0.5) is 0 Å². The average molecular weight is 400 g/mol. The molecule has 0 unspecified atom stereocenters. The van der Waals surface area contributed by atoms with Crippen LogP contribution in [0, 0.1) is 6.92 Å². The zero-order valence-corrected chi connectivity index (χ0v) is 16.1. The van der Waals surface area contributed by atoms with E-state index in [1.807, 2.05) is 36.4 Å². The molecule has 2 aromatic carbocycles. The fraction of sp³-hybridized carbons (Fsp3) is 0.238. The molecule has 1 heterocycles. The monoisotopic (exact) mass is 399 g/mol. The third-order valence-corrected chi connectivity index (χ3v) is 4.67. The van der Waals surface area contributed by atoms with Gasteiger partial charge in [0.1, 0.15) is 17.3 Å². The SMILES string of the molecule is COc1ccccc1CCNCc1ccc(-c2ccc(Br)cc2C)o1. The molecule has 0 spiro atoms. The lowest BCUT2D eigenvalue weighted by Crippen LogP contribution is -2.16. The first-order valence-electron chi connectivity index (χ1n) is 8.35. The largest absolute Gasteiger partial charge is 0.496 e. The van der Waals surface area contributed by atoms with E-state index in [9.17, 15) is 0 Å². The molecule has 0 radical (unpaired) electrons. The Morgan fingerprint density at radius 2 is 1.92 bits per heavy atom. The van der Waals surface area contributed by atoms with Crippen LogP contribution in [0.2, 0.25) is 0 Å². The first-order valence-corrected chi connectivity index (χ1v) is 9.14. The van der Waals surface area contributed by atoms with Gasteiger partial charge in [-0.15, -0.1) is 0 Å². The van der Waals surface area contributed by atoms with E-state index in [-0.39, 0.29) is 0 Å². The predicted octanol–water partition coefficient (Wildman–Crippen LogP) is 5.36. The van der Waals surface area contributed by atoms with Gasteiger partial charge in [0, 0.05) is 10.0 Å². The Labute approximate surface area is 157 Å². The fourth-order valence-corrected chi connectivity index (χ4v) is 3.34. The summed E-state index contributed by atoms with van der Waals surface area (Å²) >= 11 is 3.50. The van der Waals surface area contributed by atoms with E-state index in [1.54, 1.807) is 7.11 Å². The Kier molecular flexibility index (Phi) is 5.95. The highest BCUT2D eigenvalue weighted by Crippen LogP contribution is 2.27. The van der Waals surface area contributed by atoms with Gasteiger partial charge in [-0.2, -0.15) is 0 Å². The van der Waals surface area contributed by atoms with Gasteiger partial charge in [-0.1, -0.05) is 34.1 Å². The summed E-state index contributed by atoms with van der Waals surface area (Å²) in [6.45, 7) is 3.67. The first-order chi connectivity index (χ1) is 12.2. The maximum atomic E-state index is 5.99. The van der Waals surface area contributed by atoms with Crippen molar-refractivity contribution in [3.63, 3.8) is 0 Å².